The zero-order valence-corrected chi connectivity index (χ0v) is 17.0. The van der Waals surface area contributed by atoms with Crippen molar-refractivity contribution in [3.8, 4) is 11.1 Å². The number of hydrogen-bond acceptors (Lipinski definition) is 1. The van der Waals surface area contributed by atoms with Crippen LogP contribution < -0.4 is 0 Å². The lowest BCUT2D eigenvalue weighted by molar-refractivity contribution is 0.867. The molecule has 0 bridgehead atoms. The van der Waals surface area contributed by atoms with Crippen molar-refractivity contribution < 1.29 is 0 Å². The van der Waals surface area contributed by atoms with Gasteiger partial charge in [0.2, 0.25) is 0 Å². The second-order valence-electron chi connectivity index (χ2n) is 8.40. The molecule has 28 heavy (non-hydrogen) atoms. The van der Waals surface area contributed by atoms with E-state index in [9.17, 15) is 0 Å². The Morgan fingerprint density at radius 2 is 1.71 bits per heavy atom. The van der Waals surface area contributed by atoms with Gasteiger partial charge in [-0.2, -0.15) is 0 Å². The van der Waals surface area contributed by atoms with E-state index in [1.807, 2.05) is 6.20 Å². The summed E-state index contributed by atoms with van der Waals surface area (Å²) in [6, 6.07) is 15.8. The summed E-state index contributed by atoms with van der Waals surface area (Å²) in [5.41, 5.74) is 13.3. The van der Waals surface area contributed by atoms with Gasteiger partial charge in [-0.25, -0.2) is 0 Å². The molecule has 1 aliphatic heterocycles. The topological polar surface area (TPSA) is 12.4 Å². The minimum absolute atomic E-state index is 0.303. The molecule has 1 nitrogen and oxygen atoms in total. The van der Waals surface area contributed by atoms with Gasteiger partial charge in [-0.05, 0) is 70.9 Å². The standard InChI is InChI=1S/C27H25N/c1-16(2)19-8-10-20(11-9-19)22-6-5-7-23-24(22)15-18(4)25(23)26-17(3)14-21-12-13-28-27(21)26/h5-16,25H,1-4H3. The van der Waals surface area contributed by atoms with Crippen molar-refractivity contribution in [3.05, 3.63) is 99.8 Å². The highest BCUT2D eigenvalue weighted by molar-refractivity contribution is 6.20. The molecule has 1 unspecified atom stereocenters. The predicted molar refractivity (Wildman–Crippen MR) is 120 cm³/mol. The average Bonchev–Trinajstić information content (AvgIpc) is 3.34. The summed E-state index contributed by atoms with van der Waals surface area (Å²) < 4.78 is 0. The van der Waals surface area contributed by atoms with E-state index in [-0.39, 0.29) is 0 Å². The Labute approximate surface area is 167 Å². The lowest BCUT2D eigenvalue weighted by atomic mass is 9.84. The van der Waals surface area contributed by atoms with E-state index in [0.29, 0.717) is 11.8 Å². The SMILES string of the molecule is CC1=Cc2c(-c3ccc(C(C)C)cc3)cccc2C1C1=C(C)C=C2C=CN=C21. The molecular weight excluding hydrogens is 338 g/mol. The third-order valence-corrected chi connectivity index (χ3v) is 6.24. The molecule has 138 valence electrons. The monoisotopic (exact) mass is 363 g/mol. The molecule has 1 heterocycles. The number of aliphatic imine (C=N–C) groups is 1. The van der Waals surface area contributed by atoms with Crippen molar-refractivity contribution in [1.82, 2.24) is 0 Å². The van der Waals surface area contributed by atoms with Gasteiger partial charge in [-0.15, -0.1) is 0 Å². The highest BCUT2D eigenvalue weighted by atomic mass is 14.7. The maximum Gasteiger partial charge on any atom is 0.0746 e. The van der Waals surface area contributed by atoms with Crippen LogP contribution in [0.25, 0.3) is 17.2 Å². The van der Waals surface area contributed by atoms with Gasteiger partial charge in [-0.1, -0.05) is 68.0 Å². The van der Waals surface area contributed by atoms with E-state index in [1.165, 1.54) is 50.1 Å². The molecule has 1 atom stereocenters. The molecule has 0 aromatic heterocycles. The van der Waals surface area contributed by atoms with Crippen LogP contribution in [0.15, 0.2) is 88.1 Å². The molecule has 0 N–H and O–H groups in total. The fourth-order valence-electron chi connectivity index (χ4n) is 4.78. The van der Waals surface area contributed by atoms with Crippen LogP contribution in [-0.2, 0) is 0 Å². The van der Waals surface area contributed by atoms with Crippen LogP contribution in [0, 0.1) is 0 Å². The van der Waals surface area contributed by atoms with Crippen molar-refractivity contribution in [1.29, 1.82) is 0 Å². The van der Waals surface area contributed by atoms with Crippen LogP contribution in [0.1, 0.15) is 56.2 Å². The van der Waals surface area contributed by atoms with Gasteiger partial charge in [0.15, 0.2) is 0 Å². The summed E-state index contributed by atoms with van der Waals surface area (Å²) in [4.78, 5) is 4.67. The molecular formula is C27H25N. The normalized spacial score (nSPS) is 19.8. The van der Waals surface area contributed by atoms with Crippen LogP contribution in [0.2, 0.25) is 0 Å². The molecule has 0 spiro atoms. The van der Waals surface area contributed by atoms with Gasteiger partial charge in [-0.3, -0.25) is 4.99 Å². The molecule has 5 rings (SSSR count). The third kappa shape index (κ3) is 2.50. The summed E-state index contributed by atoms with van der Waals surface area (Å²) in [5.74, 6) is 0.860. The van der Waals surface area contributed by atoms with Crippen molar-refractivity contribution in [3.63, 3.8) is 0 Å². The van der Waals surface area contributed by atoms with Crippen LogP contribution in [0.3, 0.4) is 0 Å². The number of hydrogen-bond donors (Lipinski definition) is 0. The number of allylic oxidation sites excluding steroid dienone is 6. The molecule has 2 aliphatic carbocycles. The van der Waals surface area contributed by atoms with Gasteiger partial charge in [0.25, 0.3) is 0 Å². The second-order valence-corrected chi connectivity index (χ2v) is 8.40. The lowest BCUT2D eigenvalue weighted by Crippen LogP contribution is -2.10. The third-order valence-electron chi connectivity index (χ3n) is 6.24. The Bertz CT molecular complexity index is 1130. The van der Waals surface area contributed by atoms with Gasteiger partial charge in [0.1, 0.15) is 0 Å². The van der Waals surface area contributed by atoms with E-state index >= 15 is 0 Å². The Hall–Kier alpha value is -2.93. The molecule has 0 radical (unpaired) electrons. The quantitative estimate of drug-likeness (QED) is 0.546. The summed E-state index contributed by atoms with van der Waals surface area (Å²) >= 11 is 0. The van der Waals surface area contributed by atoms with Gasteiger partial charge in [0, 0.05) is 17.7 Å². The van der Waals surface area contributed by atoms with E-state index in [2.05, 4.69) is 93.4 Å². The predicted octanol–water partition coefficient (Wildman–Crippen LogP) is 7.20. The molecule has 1 heteroatoms. The summed E-state index contributed by atoms with van der Waals surface area (Å²) in [7, 11) is 0. The van der Waals surface area contributed by atoms with Crippen molar-refractivity contribution in [2.45, 2.75) is 39.5 Å². The minimum atomic E-state index is 0.303. The molecule has 0 saturated carbocycles. The Morgan fingerprint density at radius 3 is 2.46 bits per heavy atom. The fraction of sp³-hybridized carbons (Fsp3) is 0.222. The van der Waals surface area contributed by atoms with Crippen LogP contribution in [0.5, 0.6) is 0 Å². The lowest BCUT2D eigenvalue weighted by Gasteiger charge is -2.19. The van der Waals surface area contributed by atoms with Gasteiger partial charge < -0.3 is 0 Å². The van der Waals surface area contributed by atoms with Crippen molar-refractivity contribution >= 4 is 11.8 Å². The van der Waals surface area contributed by atoms with E-state index in [1.54, 1.807) is 0 Å². The van der Waals surface area contributed by atoms with Crippen molar-refractivity contribution in [2.75, 3.05) is 0 Å². The van der Waals surface area contributed by atoms with E-state index in [0.717, 1.165) is 5.71 Å². The van der Waals surface area contributed by atoms with E-state index in [4.69, 9.17) is 0 Å². The van der Waals surface area contributed by atoms with Crippen LogP contribution >= 0.6 is 0 Å². The molecule has 2 aromatic carbocycles. The van der Waals surface area contributed by atoms with Gasteiger partial charge in [0.05, 0.1) is 5.71 Å². The first-order valence-electron chi connectivity index (χ1n) is 10.1. The molecule has 0 fully saturated rings. The largest absolute Gasteiger partial charge is 0.256 e. The van der Waals surface area contributed by atoms with E-state index < -0.39 is 0 Å². The number of rotatable bonds is 3. The summed E-state index contributed by atoms with van der Waals surface area (Å²) in [6.45, 7) is 8.97. The maximum atomic E-state index is 4.67. The number of fused-ring (bicyclic) bond motifs is 2. The smallest absolute Gasteiger partial charge is 0.0746 e. The Balaban J connectivity index is 1.60. The maximum absolute atomic E-state index is 4.67. The molecule has 0 amide bonds. The zero-order valence-electron chi connectivity index (χ0n) is 17.0. The van der Waals surface area contributed by atoms with Crippen LogP contribution in [0.4, 0.5) is 0 Å². The van der Waals surface area contributed by atoms with Crippen LogP contribution in [-0.4, -0.2) is 5.71 Å². The van der Waals surface area contributed by atoms with Crippen molar-refractivity contribution in [2.24, 2.45) is 4.99 Å². The average molecular weight is 364 g/mol. The first kappa shape index (κ1) is 17.2. The Kier molecular flexibility index (Phi) is 3.87. The fourth-order valence-corrected chi connectivity index (χ4v) is 4.78. The van der Waals surface area contributed by atoms with Gasteiger partial charge >= 0.3 is 0 Å². The second kappa shape index (κ2) is 6.31. The minimum Gasteiger partial charge on any atom is -0.256 e. The summed E-state index contributed by atoms with van der Waals surface area (Å²) in [5, 5.41) is 0. The summed E-state index contributed by atoms with van der Waals surface area (Å²) in [6.07, 6.45) is 8.70. The molecule has 3 aliphatic rings. The zero-order chi connectivity index (χ0) is 19.4. The first-order valence-corrected chi connectivity index (χ1v) is 10.1. The molecule has 0 saturated heterocycles. The number of benzene rings is 2. The first-order chi connectivity index (χ1) is 13.5. The molecule has 2 aromatic rings. The highest BCUT2D eigenvalue weighted by Gasteiger charge is 2.34. The Morgan fingerprint density at radius 1 is 0.929 bits per heavy atom. The number of nitrogens with zero attached hydrogens (tertiary/aromatic N) is 1. The highest BCUT2D eigenvalue weighted by Crippen LogP contribution is 2.48.